The third-order valence-corrected chi connectivity index (χ3v) is 5.63. The molecule has 2 aromatic carbocycles. The molecule has 0 aromatic heterocycles. The van der Waals surface area contributed by atoms with E-state index in [-0.39, 0.29) is 17.0 Å². The lowest BCUT2D eigenvalue weighted by Gasteiger charge is -2.45. The Bertz CT molecular complexity index is 938. The van der Waals surface area contributed by atoms with E-state index in [2.05, 4.69) is 50.2 Å². The van der Waals surface area contributed by atoms with E-state index in [4.69, 9.17) is 0 Å². The highest BCUT2D eigenvalue weighted by Crippen LogP contribution is 2.42. The number of carbonyl (C=O) groups is 1. The lowest BCUT2D eigenvalue weighted by molar-refractivity contribution is -0.117. The van der Waals surface area contributed by atoms with Crippen LogP contribution in [0.1, 0.15) is 49.8 Å². The minimum Gasteiger partial charge on any atom is -0.369 e. The maximum atomic E-state index is 12.4. The van der Waals surface area contributed by atoms with E-state index in [9.17, 15) is 10.1 Å². The van der Waals surface area contributed by atoms with Gasteiger partial charge in [-0.05, 0) is 61.1 Å². The SMILES string of the molecule is C[C@H]1CC(C)(C)N(C)c2ccc(/C=C(/C#N)C(=O)NCc3ccccc3)cc21. The first-order valence-corrected chi connectivity index (χ1v) is 9.63. The zero-order valence-corrected chi connectivity index (χ0v) is 17.0. The van der Waals surface area contributed by atoms with Crippen molar-refractivity contribution in [1.29, 1.82) is 5.26 Å². The molecule has 0 unspecified atom stereocenters. The first-order valence-electron chi connectivity index (χ1n) is 9.63. The molecule has 1 aliphatic heterocycles. The molecule has 0 radical (unpaired) electrons. The fourth-order valence-electron chi connectivity index (χ4n) is 3.87. The third-order valence-electron chi connectivity index (χ3n) is 5.63. The molecule has 0 fully saturated rings. The van der Waals surface area contributed by atoms with Crippen LogP contribution < -0.4 is 10.2 Å². The van der Waals surface area contributed by atoms with E-state index in [0.717, 1.165) is 17.5 Å². The summed E-state index contributed by atoms with van der Waals surface area (Å²) in [5.41, 5.74) is 4.59. The molecule has 1 heterocycles. The van der Waals surface area contributed by atoms with Gasteiger partial charge in [-0.2, -0.15) is 5.26 Å². The number of rotatable bonds is 4. The van der Waals surface area contributed by atoms with Gasteiger partial charge in [-0.3, -0.25) is 4.79 Å². The van der Waals surface area contributed by atoms with Gasteiger partial charge in [0.15, 0.2) is 0 Å². The normalized spacial score (nSPS) is 18.2. The molecule has 1 amide bonds. The molecule has 0 spiro atoms. The summed E-state index contributed by atoms with van der Waals surface area (Å²) in [7, 11) is 2.12. The number of hydrogen-bond acceptors (Lipinski definition) is 3. The summed E-state index contributed by atoms with van der Waals surface area (Å²) in [6.45, 7) is 7.15. The van der Waals surface area contributed by atoms with Gasteiger partial charge in [0, 0.05) is 24.8 Å². The molecule has 2 aromatic rings. The number of nitrogens with zero attached hydrogens (tertiary/aromatic N) is 2. The van der Waals surface area contributed by atoms with Crippen LogP contribution in [0, 0.1) is 11.3 Å². The Hall–Kier alpha value is -3.06. The van der Waals surface area contributed by atoms with Crippen molar-refractivity contribution in [3.63, 3.8) is 0 Å². The average Bonchev–Trinajstić information content (AvgIpc) is 2.69. The molecule has 0 bridgehead atoms. The fraction of sp³-hybridized carbons (Fsp3) is 0.333. The number of benzene rings is 2. The Kier molecular flexibility index (Phi) is 5.56. The number of anilines is 1. The molecule has 1 aliphatic rings. The van der Waals surface area contributed by atoms with Crippen LogP contribution in [0.2, 0.25) is 0 Å². The van der Waals surface area contributed by atoms with Gasteiger partial charge in [-0.1, -0.05) is 43.3 Å². The van der Waals surface area contributed by atoms with Gasteiger partial charge in [0.05, 0.1) is 0 Å². The van der Waals surface area contributed by atoms with E-state index < -0.39 is 0 Å². The van der Waals surface area contributed by atoms with Gasteiger partial charge in [0.1, 0.15) is 11.6 Å². The maximum Gasteiger partial charge on any atom is 0.262 e. The van der Waals surface area contributed by atoms with Gasteiger partial charge in [0.25, 0.3) is 5.91 Å². The molecule has 1 atom stereocenters. The summed E-state index contributed by atoms with van der Waals surface area (Å²) in [6.07, 6.45) is 2.74. The zero-order valence-electron chi connectivity index (χ0n) is 17.0. The number of hydrogen-bond donors (Lipinski definition) is 1. The van der Waals surface area contributed by atoms with Crippen molar-refractivity contribution in [3.05, 3.63) is 70.8 Å². The van der Waals surface area contributed by atoms with Crippen LogP contribution in [0.4, 0.5) is 5.69 Å². The molecule has 3 rings (SSSR count). The molecule has 0 saturated carbocycles. The molecule has 0 aliphatic carbocycles. The van der Waals surface area contributed by atoms with Crippen molar-refractivity contribution >= 4 is 17.7 Å². The van der Waals surface area contributed by atoms with Crippen molar-refractivity contribution in [2.75, 3.05) is 11.9 Å². The quantitative estimate of drug-likeness (QED) is 0.628. The van der Waals surface area contributed by atoms with Gasteiger partial charge < -0.3 is 10.2 Å². The fourth-order valence-corrected chi connectivity index (χ4v) is 3.87. The van der Waals surface area contributed by atoms with Gasteiger partial charge >= 0.3 is 0 Å². The van der Waals surface area contributed by atoms with Crippen LogP contribution in [0.15, 0.2) is 54.1 Å². The topological polar surface area (TPSA) is 56.1 Å². The lowest BCUT2D eigenvalue weighted by atomic mass is 9.80. The van der Waals surface area contributed by atoms with Crippen molar-refractivity contribution in [2.24, 2.45) is 0 Å². The van der Waals surface area contributed by atoms with Crippen molar-refractivity contribution in [1.82, 2.24) is 5.32 Å². The van der Waals surface area contributed by atoms with Crippen molar-refractivity contribution < 1.29 is 4.79 Å². The number of carbonyl (C=O) groups excluding carboxylic acids is 1. The summed E-state index contributed by atoms with van der Waals surface area (Å²) in [5.74, 6) is 0.0716. The molecule has 4 heteroatoms. The Labute approximate surface area is 167 Å². The van der Waals surface area contributed by atoms with Gasteiger partial charge in [0.2, 0.25) is 0 Å². The van der Waals surface area contributed by atoms with E-state index in [1.165, 1.54) is 11.3 Å². The van der Waals surface area contributed by atoms with Crippen LogP contribution in [-0.4, -0.2) is 18.5 Å². The molecular weight excluding hydrogens is 346 g/mol. The zero-order chi connectivity index (χ0) is 20.3. The summed E-state index contributed by atoms with van der Waals surface area (Å²) in [4.78, 5) is 14.7. The summed E-state index contributed by atoms with van der Waals surface area (Å²) < 4.78 is 0. The van der Waals surface area contributed by atoms with E-state index >= 15 is 0 Å². The second-order valence-electron chi connectivity index (χ2n) is 8.13. The molecular formula is C24H27N3O. The molecule has 1 N–H and O–H groups in total. The molecule has 4 nitrogen and oxygen atoms in total. The summed E-state index contributed by atoms with van der Waals surface area (Å²) in [5, 5.41) is 12.3. The molecule has 144 valence electrons. The Morgan fingerprint density at radius 1 is 1.29 bits per heavy atom. The second kappa shape index (κ2) is 7.90. The van der Waals surface area contributed by atoms with Crippen LogP contribution in [-0.2, 0) is 11.3 Å². The highest BCUT2D eigenvalue weighted by atomic mass is 16.1. The second-order valence-corrected chi connectivity index (χ2v) is 8.13. The standard InChI is InChI=1S/C24H27N3O/c1-17-14-24(2,3)27(4)22-11-10-19(13-21(17)22)12-20(15-25)23(28)26-16-18-8-6-5-7-9-18/h5-13,17H,14,16H2,1-4H3,(H,26,28)/b20-12-/t17-/m0/s1. The van der Waals surface area contributed by atoms with Crippen molar-refractivity contribution in [3.8, 4) is 6.07 Å². The molecule has 0 saturated heterocycles. The van der Waals surface area contributed by atoms with Crippen LogP contribution in [0.3, 0.4) is 0 Å². The maximum absolute atomic E-state index is 12.4. The summed E-state index contributed by atoms with van der Waals surface area (Å²) in [6, 6.07) is 17.9. The summed E-state index contributed by atoms with van der Waals surface area (Å²) >= 11 is 0. The Morgan fingerprint density at radius 3 is 2.68 bits per heavy atom. The predicted octanol–water partition coefficient (Wildman–Crippen LogP) is 4.63. The molecule has 28 heavy (non-hydrogen) atoms. The third kappa shape index (κ3) is 4.09. The predicted molar refractivity (Wildman–Crippen MR) is 114 cm³/mol. The van der Waals surface area contributed by atoms with E-state index in [1.807, 2.05) is 42.5 Å². The van der Waals surface area contributed by atoms with Crippen LogP contribution >= 0.6 is 0 Å². The highest BCUT2D eigenvalue weighted by molar-refractivity contribution is 6.01. The Morgan fingerprint density at radius 2 is 2.00 bits per heavy atom. The minimum atomic E-state index is -0.352. The van der Waals surface area contributed by atoms with Gasteiger partial charge in [-0.15, -0.1) is 0 Å². The lowest BCUT2D eigenvalue weighted by Crippen LogP contribution is -2.45. The smallest absolute Gasteiger partial charge is 0.262 e. The average molecular weight is 374 g/mol. The van der Waals surface area contributed by atoms with E-state index in [0.29, 0.717) is 12.5 Å². The monoisotopic (exact) mass is 373 g/mol. The minimum absolute atomic E-state index is 0.110. The number of nitriles is 1. The number of fused-ring (bicyclic) bond motifs is 1. The van der Waals surface area contributed by atoms with Crippen LogP contribution in [0.25, 0.3) is 6.08 Å². The first kappa shape index (κ1) is 19.7. The largest absolute Gasteiger partial charge is 0.369 e. The number of nitrogens with one attached hydrogen (secondary N) is 1. The van der Waals surface area contributed by atoms with E-state index in [1.54, 1.807) is 6.08 Å². The highest BCUT2D eigenvalue weighted by Gasteiger charge is 2.33. The first-order chi connectivity index (χ1) is 13.3. The van der Waals surface area contributed by atoms with Gasteiger partial charge in [-0.25, -0.2) is 0 Å². The van der Waals surface area contributed by atoms with Crippen molar-refractivity contribution in [2.45, 2.75) is 45.2 Å². The Balaban J connectivity index is 1.81. The number of amides is 1. The van der Waals surface area contributed by atoms with Crippen LogP contribution in [0.5, 0.6) is 0 Å².